The van der Waals surface area contributed by atoms with Crippen LogP contribution in [0.2, 0.25) is 0 Å². The number of rotatable bonds is 8. The van der Waals surface area contributed by atoms with Gasteiger partial charge in [0.25, 0.3) is 0 Å². The standard InChI is InChI=1S/C16H24N2O6S/c1-22-13-3-5-14(6-4-13)25(20,21)17-15(7-8-16(19)23-2)18-9-11-24-12-10-18/h3-6,15,17H,7-12H2,1-2H3. The van der Waals surface area contributed by atoms with Gasteiger partial charge in [0, 0.05) is 19.5 Å². The van der Waals surface area contributed by atoms with Gasteiger partial charge in [0.05, 0.1) is 38.5 Å². The molecule has 0 spiro atoms. The fourth-order valence-corrected chi connectivity index (χ4v) is 3.82. The molecule has 0 radical (unpaired) electrons. The lowest BCUT2D eigenvalue weighted by molar-refractivity contribution is -0.141. The van der Waals surface area contributed by atoms with Crippen molar-refractivity contribution >= 4 is 16.0 Å². The highest BCUT2D eigenvalue weighted by Gasteiger charge is 2.27. The summed E-state index contributed by atoms with van der Waals surface area (Å²) in [6, 6.07) is 6.15. The molecule has 1 heterocycles. The Bertz CT molecular complexity index is 656. The Morgan fingerprint density at radius 3 is 2.44 bits per heavy atom. The average Bonchev–Trinajstić information content (AvgIpc) is 2.65. The Labute approximate surface area is 148 Å². The molecule has 1 atom stereocenters. The van der Waals surface area contributed by atoms with Gasteiger partial charge in [0.2, 0.25) is 10.0 Å². The van der Waals surface area contributed by atoms with Crippen molar-refractivity contribution in [2.24, 2.45) is 0 Å². The third kappa shape index (κ3) is 5.67. The summed E-state index contributed by atoms with van der Waals surface area (Å²) in [5.41, 5.74) is 0. The number of ether oxygens (including phenoxy) is 3. The van der Waals surface area contributed by atoms with Crippen molar-refractivity contribution in [2.75, 3.05) is 40.5 Å². The number of sulfonamides is 1. The van der Waals surface area contributed by atoms with E-state index in [-0.39, 0.29) is 17.3 Å². The van der Waals surface area contributed by atoms with Crippen LogP contribution in [0.25, 0.3) is 0 Å². The molecule has 0 saturated carbocycles. The van der Waals surface area contributed by atoms with Crippen LogP contribution in [0.5, 0.6) is 5.75 Å². The van der Waals surface area contributed by atoms with Crippen LogP contribution in [-0.4, -0.2) is 66.0 Å². The van der Waals surface area contributed by atoms with Gasteiger partial charge in [0.15, 0.2) is 0 Å². The fraction of sp³-hybridized carbons (Fsp3) is 0.562. The highest BCUT2D eigenvalue weighted by molar-refractivity contribution is 7.89. The molecule has 25 heavy (non-hydrogen) atoms. The van der Waals surface area contributed by atoms with Crippen molar-refractivity contribution in [3.63, 3.8) is 0 Å². The van der Waals surface area contributed by atoms with Gasteiger partial charge in [-0.05, 0) is 30.7 Å². The van der Waals surface area contributed by atoms with Crippen LogP contribution in [0.4, 0.5) is 0 Å². The molecule has 0 bridgehead atoms. The van der Waals surface area contributed by atoms with Crippen molar-refractivity contribution in [3.8, 4) is 5.75 Å². The molecule has 1 fully saturated rings. The number of carbonyl (C=O) groups is 1. The second-order valence-electron chi connectivity index (χ2n) is 5.58. The molecule has 8 nitrogen and oxygen atoms in total. The molecule has 0 aromatic heterocycles. The number of nitrogens with zero attached hydrogens (tertiary/aromatic N) is 1. The molecular weight excluding hydrogens is 348 g/mol. The minimum Gasteiger partial charge on any atom is -0.497 e. The first-order valence-corrected chi connectivity index (χ1v) is 9.49. The molecule has 140 valence electrons. The first kappa shape index (κ1) is 19.6. The summed E-state index contributed by atoms with van der Waals surface area (Å²) in [6.07, 6.45) is -0.0544. The van der Waals surface area contributed by atoms with E-state index in [1.807, 2.05) is 4.90 Å². The van der Waals surface area contributed by atoms with E-state index < -0.39 is 16.2 Å². The predicted octanol–water partition coefficient (Wildman–Crippen LogP) is 0.585. The SMILES string of the molecule is COC(=O)CCC(NS(=O)(=O)c1ccc(OC)cc1)N1CCOCC1. The van der Waals surface area contributed by atoms with E-state index in [1.165, 1.54) is 26.4 Å². The maximum atomic E-state index is 12.7. The van der Waals surface area contributed by atoms with E-state index in [1.54, 1.807) is 12.1 Å². The van der Waals surface area contributed by atoms with Crippen molar-refractivity contribution in [1.82, 2.24) is 9.62 Å². The molecule has 1 aromatic rings. The predicted molar refractivity (Wildman–Crippen MR) is 90.7 cm³/mol. The molecule has 2 rings (SSSR count). The normalized spacial score (nSPS) is 17.0. The van der Waals surface area contributed by atoms with Gasteiger partial charge in [-0.3, -0.25) is 9.69 Å². The molecule has 0 amide bonds. The minimum absolute atomic E-state index is 0.129. The smallest absolute Gasteiger partial charge is 0.305 e. The van der Waals surface area contributed by atoms with E-state index in [2.05, 4.69) is 9.46 Å². The molecule has 1 unspecified atom stereocenters. The Kier molecular flexibility index (Phi) is 7.18. The van der Waals surface area contributed by atoms with Crippen molar-refractivity contribution in [3.05, 3.63) is 24.3 Å². The Balaban J connectivity index is 2.13. The third-order valence-electron chi connectivity index (χ3n) is 4.00. The highest BCUT2D eigenvalue weighted by Crippen LogP contribution is 2.17. The molecule has 1 saturated heterocycles. The molecule has 0 aliphatic carbocycles. The van der Waals surface area contributed by atoms with Gasteiger partial charge in [-0.1, -0.05) is 0 Å². The number of carbonyl (C=O) groups excluding carboxylic acids is 1. The number of hydrogen-bond donors (Lipinski definition) is 1. The lowest BCUT2D eigenvalue weighted by Gasteiger charge is -2.34. The number of benzene rings is 1. The van der Waals surface area contributed by atoms with Gasteiger partial charge in [-0.15, -0.1) is 0 Å². The monoisotopic (exact) mass is 372 g/mol. The van der Waals surface area contributed by atoms with Crippen LogP contribution in [0.3, 0.4) is 0 Å². The quantitative estimate of drug-likeness (QED) is 0.667. The topological polar surface area (TPSA) is 94.2 Å². The van der Waals surface area contributed by atoms with Crippen LogP contribution in [0, 0.1) is 0 Å². The first-order valence-electron chi connectivity index (χ1n) is 8.01. The van der Waals surface area contributed by atoms with Gasteiger partial charge in [-0.2, -0.15) is 4.72 Å². The van der Waals surface area contributed by atoms with Gasteiger partial charge < -0.3 is 14.2 Å². The third-order valence-corrected chi connectivity index (χ3v) is 5.47. The molecule has 1 aliphatic rings. The van der Waals surface area contributed by atoms with E-state index in [0.717, 1.165) is 0 Å². The Morgan fingerprint density at radius 2 is 1.88 bits per heavy atom. The lowest BCUT2D eigenvalue weighted by Crippen LogP contribution is -2.52. The van der Waals surface area contributed by atoms with E-state index in [4.69, 9.17) is 9.47 Å². The van der Waals surface area contributed by atoms with E-state index in [0.29, 0.717) is 38.5 Å². The van der Waals surface area contributed by atoms with Crippen LogP contribution in [-0.2, 0) is 24.3 Å². The van der Waals surface area contributed by atoms with Crippen LogP contribution in [0.1, 0.15) is 12.8 Å². The highest BCUT2D eigenvalue weighted by atomic mass is 32.2. The second-order valence-corrected chi connectivity index (χ2v) is 7.29. The largest absolute Gasteiger partial charge is 0.497 e. The summed E-state index contributed by atoms with van der Waals surface area (Å²) >= 11 is 0. The maximum Gasteiger partial charge on any atom is 0.305 e. The zero-order chi connectivity index (χ0) is 18.3. The van der Waals surface area contributed by atoms with Crippen LogP contribution >= 0.6 is 0 Å². The number of morpholine rings is 1. The van der Waals surface area contributed by atoms with Crippen molar-refractivity contribution in [2.45, 2.75) is 23.9 Å². The summed E-state index contributed by atoms with van der Waals surface area (Å²) in [4.78, 5) is 13.6. The average molecular weight is 372 g/mol. The van der Waals surface area contributed by atoms with Gasteiger partial charge >= 0.3 is 5.97 Å². The van der Waals surface area contributed by atoms with Gasteiger partial charge in [-0.25, -0.2) is 8.42 Å². The molecular formula is C16H24N2O6S. The van der Waals surface area contributed by atoms with Crippen LogP contribution < -0.4 is 9.46 Å². The van der Waals surface area contributed by atoms with Crippen LogP contribution in [0.15, 0.2) is 29.2 Å². The molecule has 1 aliphatic heterocycles. The summed E-state index contributed by atoms with van der Waals surface area (Å²) in [5, 5.41) is 0. The van der Waals surface area contributed by atoms with E-state index in [9.17, 15) is 13.2 Å². The number of esters is 1. The maximum absolute atomic E-state index is 12.7. The zero-order valence-electron chi connectivity index (χ0n) is 14.4. The fourth-order valence-electron chi connectivity index (χ4n) is 2.56. The summed E-state index contributed by atoms with van der Waals surface area (Å²) < 4.78 is 43.1. The minimum atomic E-state index is -3.73. The van der Waals surface area contributed by atoms with Crippen molar-refractivity contribution < 1.29 is 27.4 Å². The number of hydrogen-bond acceptors (Lipinski definition) is 7. The Hall–Kier alpha value is -1.68. The second kappa shape index (κ2) is 9.14. The van der Waals surface area contributed by atoms with Gasteiger partial charge in [0.1, 0.15) is 5.75 Å². The first-order chi connectivity index (χ1) is 12.0. The van der Waals surface area contributed by atoms with Crippen molar-refractivity contribution in [1.29, 1.82) is 0 Å². The molecule has 1 aromatic carbocycles. The number of nitrogens with one attached hydrogen (secondary N) is 1. The molecule has 1 N–H and O–H groups in total. The summed E-state index contributed by atoms with van der Waals surface area (Å²) in [5.74, 6) is 0.205. The summed E-state index contributed by atoms with van der Waals surface area (Å²) in [6.45, 7) is 2.24. The van der Waals surface area contributed by atoms with E-state index >= 15 is 0 Å². The summed E-state index contributed by atoms with van der Waals surface area (Å²) in [7, 11) is -0.899. The Morgan fingerprint density at radius 1 is 1.24 bits per heavy atom. The number of methoxy groups -OCH3 is 2. The zero-order valence-corrected chi connectivity index (χ0v) is 15.3. The lowest BCUT2D eigenvalue weighted by atomic mass is 10.2. The molecule has 9 heteroatoms.